The standard InChI is InChI=1S/C10H12F2N2O3S/c1-14(2)8-13-6(17-3)5(18-8)9(7(15)16)4-10(9,11)12/h4H2,1-3H3,(H,15,16). The van der Waals surface area contributed by atoms with E-state index in [1.807, 2.05) is 0 Å². The molecule has 1 N–H and O–H groups in total. The van der Waals surface area contributed by atoms with Crippen molar-refractivity contribution >= 4 is 22.4 Å². The maximum absolute atomic E-state index is 13.4. The Hall–Kier alpha value is -1.44. The first-order chi connectivity index (χ1) is 8.26. The average molecular weight is 278 g/mol. The van der Waals surface area contributed by atoms with E-state index in [0.29, 0.717) is 5.13 Å². The Morgan fingerprint density at radius 2 is 2.11 bits per heavy atom. The molecule has 5 nitrogen and oxygen atoms in total. The summed E-state index contributed by atoms with van der Waals surface area (Å²) in [4.78, 5) is 16.8. The van der Waals surface area contributed by atoms with Crippen molar-refractivity contribution in [3.63, 3.8) is 0 Å². The van der Waals surface area contributed by atoms with Gasteiger partial charge < -0.3 is 14.7 Å². The Labute approximate surface area is 106 Å². The minimum absolute atomic E-state index is 0.0220. The highest BCUT2D eigenvalue weighted by Gasteiger charge is 2.79. The van der Waals surface area contributed by atoms with E-state index < -0.39 is 23.7 Å². The predicted octanol–water partition coefficient (Wildman–Crippen LogP) is 1.58. The SMILES string of the molecule is COc1nc(N(C)C)sc1C1(C(=O)O)CC1(F)F. The normalized spacial score (nSPS) is 24.7. The molecule has 0 spiro atoms. The highest BCUT2D eigenvalue weighted by atomic mass is 32.1. The molecule has 1 aromatic rings. The summed E-state index contributed by atoms with van der Waals surface area (Å²) in [7, 11) is 4.68. The molecule has 1 unspecified atom stereocenters. The van der Waals surface area contributed by atoms with Crippen molar-refractivity contribution in [2.75, 3.05) is 26.1 Å². The van der Waals surface area contributed by atoms with Gasteiger partial charge in [0, 0.05) is 20.5 Å². The third kappa shape index (κ3) is 1.55. The second-order valence-corrected chi connectivity index (χ2v) is 5.30. The molecule has 18 heavy (non-hydrogen) atoms. The van der Waals surface area contributed by atoms with E-state index in [1.165, 1.54) is 7.11 Å². The third-order valence-electron chi connectivity index (χ3n) is 2.90. The fourth-order valence-corrected chi connectivity index (χ4v) is 2.95. The number of aromatic nitrogens is 1. The molecule has 100 valence electrons. The number of carbonyl (C=O) groups is 1. The number of nitrogens with zero attached hydrogens (tertiary/aromatic N) is 2. The van der Waals surface area contributed by atoms with Crippen LogP contribution < -0.4 is 9.64 Å². The van der Waals surface area contributed by atoms with Crippen molar-refractivity contribution in [1.29, 1.82) is 0 Å². The van der Waals surface area contributed by atoms with Crippen LogP contribution in [0.25, 0.3) is 0 Å². The lowest BCUT2D eigenvalue weighted by molar-refractivity contribution is -0.142. The number of thiazole rings is 1. The zero-order valence-corrected chi connectivity index (χ0v) is 10.8. The first-order valence-corrected chi connectivity index (χ1v) is 5.92. The van der Waals surface area contributed by atoms with Gasteiger partial charge in [-0.25, -0.2) is 8.78 Å². The van der Waals surface area contributed by atoms with Crippen molar-refractivity contribution in [3.8, 4) is 5.88 Å². The summed E-state index contributed by atoms with van der Waals surface area (Å²) in [6.07, 6.45) is -0.708. The van der Waals surface area contributed by atoms with Gasteiger partial charge in [-0.05, 0) is 0 Å². The Morgan fingerprint density at radius 1 is 1.56 bits per heavy atom. The first-order valence-electron chi connectivity index (χ1n) is 5.10. The molecule has 0 radical (unpaired) electrons. The highest BCUT2D eigenvalue weighted by Crippen LogP contribution is 2.65. The van der Waals surface area contributed by atoms with Crippen LogP contribution in [0.5, 0.6) is 5.88 Å². The topological polar surface area (TPSA) is 62.7 Å². The van der Waals surface area contributed by atoms with Crippen molar-refractivity contribution in [1.82, 2.24) is 4.98 Å². The number of rotatable bonds is 4. The minimum atomic E-state index is -3.25. The Balaban J connectivity index is 2.54. The summed E-state index contributed by atoms with van der Waals surface area (Å²) >= 11 is 0.921. The van der Waals surface area contributed by atoms with Crippen LogP contribution in [0, 0.1) is 0 Å². The summed E-state index contributed by atoms with van der Waals surface area (Å²) in [5.41, 5.74) is -2.18. The van der Waals surface area contributed by atoms with E-state index in [1.54, 1.807) is 19.0 Å². The fraction of sp³-hybridized carbons (Fsp3) is 0.600. The molecule has 1 saturated carbocycles. The van der Waals surface area contributed by atoms with Crippen molar-refractivity contribution in [2.45, 2.75) is 17.8 Å². The van der Waals surface area contributed by atoms with Gasteiger partial charge in [0.2, 0.25) is 5.88 Å². The Bertz CT molecular complexity index is 503. The van der Waals surface area contributed by atoms with Crippen molar-refractivity contribution < 1.29 is 23.4 Å². The van der Waals surface area contributed by atoms with Crippen LogP contribution in [-0.2, 0) is 10.2 Å². The average Bonchev–Trinajstić information content (AvgIpc) is 2.69. The second kappa shape index (κ2) is 3.78. The molecule has 8 heteroatoms. The number of ether oxygens (including phenoxy) is 1. The Morgan fingerprint density at radius 3 is 2.44 bits per heavy atom. The van der Waals surface area contributed by atoms with E-state index in [4.69, 9.17) is 9.84 Å². The van der Waals surface area contributed by atoms with Crippen LogP contribution in [0.2, 0.25) is 0 Å². The lowest BCUT2D eigenvalue weighted by Crippen LogP contribution is -2.26. The number of alkyl halides is 2. The van der Waals surface area contributed by atoms with Gasteiger partial charge in [0.25, 0.3) is 5.92 Å². The van der Waals surface area contributed by atoms with Crippen LogP contribution in [0.3, 0.4) is 0 Å². The van der Waals surface area contributed by atoms with Gasteiger partial charge in [0.05, 0.1) is 12.0 Å². The van der Waals surface area contributed by atoms with Crippen molar-refractivity contribution in [2.24, 2.45) is 0 Å². The zero-order chi connectivity index (χ0) is 13.7. The predicted molar refractivity (Wildman–Crippen MR) is 61.9 cm³/mol. The molecule has 1 heterocycles. The molecule has 0 bridgehead atoms. The second-order valence-electron chi connectivity index (χ2n) is 4.32. The molecule has 0 aromatic carbocycles. The summed E-state index contributed by atoms with van der Waals surface area (Å²) < 4.78 is 31.8. The number of hydrogen-bond donors (Lipinski definition) is 1. The number of carboxylic acids is 1. The maximum atomic E-state index is 13.4. The monoisotopic (exact) mass is 278 g/mol. The summed E-state index contributed by atoms with van der Waals surface area (Å²) in [5.74, 6) is -4.83. The van der Waals surface area contributed by atoms with Crippen LogP contribution >= 0.6 is 11.3 Å². The molecular formula is C10H12F2N2O3S. The largest absolute Gasteiger partial charge is 0.480 e. The third-order valence-corrected chi connectivity index (χ3v) is 4.27. The van der Waals surface area contributed by atoms with Gasteiger partial charge in [-0.15, -0.1) is 0 Å². The van der Waals surface area contributed by atoms with Gasteiger partial charge in [-0.2, -0.15) is 4.98 Å². The lowest BCUT2D eigenvalue weighted by atomic mass is 10.1. The molecule has 2 rings (SSSR count). The van der Waals surface area contributed by atoms with Crippen LogP contribution in [0.1, 0.15) is 11.3 Å². The molecule has 0 saturated heterocycles. The smallest absolute Gasteiger partial charge is 0.321 e. The maximum Gasteiger partial charge on any atom is 0.321 e. The molecule has 1 aliphatic carbocycles. The van der Waals surface area contributed by atoms with E-state index >= 15 is 0 Å². The van der Waals surface area contributed by atoms with E-state index in [0.717, 1.165) is 11.3 Å². The number of methoxy groups -OCH3 is 1. The first kappa shape index (κ1) is 13.0. The molecule has 1 aliphatic rings. The van der Waals surface area contributed by atoms with Crippen LogP contribution in [-0.4, -0.2) is 43.2 Å². The van der Waals surface area contributed by atoms with Crippen molar-refractivity contribution in [3.05, 3.63) is 4.88 Å². The summed E-state index contributed by atoms with van der Waals surface area (Å²) in [6.45, 7) is 0. The molecule has 0 amide bonds. The summed E-state index contributed by atoms with van der Waals surface area (Å²) in [5, 5.41) is 9.53. The number of hydrogen-bond acceptors (Lipinski definition) is 5. The lowest BCUT2D eigenvalue weighted by Gasteiger charge is -2.09. The van der Waals surface area contributed by atoms with Crippen LogP contribution in [0.15, 0.2) is 0 Å². The summed E-state index contributed by atoms with van der Waals surface area (Å²) in [6, 6.07) is 0. The molecule has 0 aliphatic heterocycles. The zero-order valence-electron chi connectivity index (χ0n) is 10.0. The van der Waals surface area contributed by atoms with Gasteiger partial charge in [0.1, 0.15) is 0 Å². The number of halogens is 2. The van der Waals surface area contributed by atoms with Crippen LogP contribution in [0.4, 0.5) is 13.9 Å². The highest BCUT2D eigenvalue weighted by molar-refractivity contribution is 7.16. The number of anilines is 1. The molecule has 1 aromatic heterocycles. The minimum Gasteiger partial charge on any atom is -0.480 e. The van der Waals surface area contributed by atoms with E-state index in [2.05, 4.69) is 4.98 Å². The number of aliphatic carboxylic acids is 1. The van der Waals surface area contributed by atoms with Gasteiger partial charge in [-0.3, -0.25) is 4.79 Å². The fourth-order valence-electron chi connectivity index (χ4n) is 1.76. The molecule has 1 fully saturated rings. The quantitative estimate of drug-likeness (QED) is 0.906. The van der Waals surface area contributed by atoms with Gasteiger partial charge in [-0.1, -0.05) is 11.3 Å². The van der Waals surface area contributed by atoms with E-state index in [9.17, 15) is 13.6 Å². The Kier molecular flexibility index (Phi) is 2.73. The molecule has 1 atom stereocenters. The number of carboxylic acid groups (broad SMARTS) is 1. The van der Waals surface area contributed by atoms with Gasteiger partial charge in [0.15, 0.2) is 10.5 Å². The van der Waals surface area contributed by atoms with Gasteiger partial charge >= 0.3 is 5.97 Å². The molecular weight excluding hydrogens is 266 g/mol. The van der Waals surface area contributed by atoms with E-state index in [-0.39, 0.29) is 10.8 Å².